The molecule has 0 bridgehead atoms. The number of carboxylic acids is 1. The third-order valence-corrected chi connectivity index (χ3v) is 4.57. The highest BCUT2D eigenvalue weighted by atomic mass is 16.5. The summed E-state index contributed by atoms with van der Waals surface area (Å²) in [6, 6.07) is 1.91. The number of rotatable bonds is 2. The molecule has 1 aromatic heterocycles. The maximum Gasteiger partial charge on any atom is 0.408 e. The molecule has 0 aromatic carbocycles. The van der Waals surface area contributed by atoms with Gasteiger partial charge in [0.25, 0.3) is 0 Å². The standard InChI is InChI=1S/C15H18N2O5/c1-22-15(21)16-13-10(14(19)20)7-11(18)9-4-2-3-8-5-6-17(13)12(8)9/h5-6,9-10,13H,2-4,7H2,1H3,(H,16,21)(H,19,20). The molecule has 0 spiro atoms. The van der Waals surface area contributed by atoms with Crippen molar-refractivity contribution in [1.82, 2.24) is 9.88 Å². The van der Waals surface area contributed by atoms with Crippen LogP contribution >= 0.6 is 0 Å². The van der Waals surface area contributed by atoms with E-state index in [4.69, 9.17) is 0 Å². The lowest BCUT2D eigenvalue weighted by atomic mass is 9.83. The van der Waals surface area contributed by atoms with Gasteiger partial charge in [-0.15, -0.1) is 0 Å². The molecule has 1 aliphatic carbocycles. The number of alkyl carbamates (subject to hydrolysis) is 1. The topological polar surface area (TPSA) is 97.6 Å². The van der Waals surface area contributed by atoms with Gasteiger partial charge in [0.05, 0.1) is 13.0 Å². The number of nitrogens with one attached hydrogen (secondary N) is 1. The number of aryl methyl sites for hydroxylation is 1. The lowest BCUT2D eigenvalue weighted by Crippen LogP contribution is -2.40. The summed E-state index contributed by atoms with van der Waals surface area (Å²) in [5.41, 5.74) is 1.91. The fourth-order valence-electron chi connectivity index (χ4n) is 3.54. The predicted molar refractivity (Wildman–Crippen MR) is 75.4 cm³/mol. The van der Waals surface area contributed by atoms with Crippen LogP contribution in [-0.2, 0) is 20.7 Å². The van der Waals surface area contributed by atoms with Crippen LogP contribution in [-0.4, -0.2) is 34.6 Å². The quantitative estimate of drug-likeness (QED) is 0.861. The van der Waals surface area contributed by atoms with Gasteiger partial charge in [0.2, 0.25) is 0 Å². The zero-order chi connectivity index (χ0) is 15.9. The molecular weight excluding hydrogens is 288 g/mol. The predicted octanol–water partition coefficient (Wildman–Crippen LogP) is 1.44. The number of carbonyl (C=O) groups is 3. The van der Waals surface area contributed by atoms with E-state index >= 15 is 0 Å². The summed E-state index contributed by atoms with van der Waals surface area (Å²) in [7, 11) is 1.22. The van der Waals surface area contributed by atoms with Crippen molar-refractivity contribution in [3.63, 3.8) is 0 Å². The molecule has 2 heterocycles. The second kappa shape index (κ2) is 5.47. The Hall–Kier alpha value is -2.31. The summed E-state index contributed by atoms with van der Waals surface area (Å²) in [6.07, 6.45) is 2.66. The van der Waals surface area contributed by atoms with E-state index in [9.17, 15) is 19.5 Å². The van der Waals surface area contributed by atoms with Crippen LogP contribution in [0.2, 0.25) is 0 Å². The first-order valence-corrected chi connectivity index (χ1v) is 7.32. The zero-order valence-electron chi connectivity index (χ0n) is 12.2. The van der Waals surface area contributed by atoms with Gasteiger partial charge < -0.3 is 14.4 Å². The van der Waals surface area contributed by atoms with Gasteiger partial charge in [-0.2, -0.15) is 0 Å². The Morgan fingerprint density at radius 2 is 2.23 bits per heavy atom. The second-order valence-corrected chi connectivity index (χ2v) is 5.77. The van der Waals surface area contributed by atoms with Gasteiger partial charge in [-0.1, -0.05) is 0 Å². The Kier molecular flexibility index (Phi) is 3.64. The Labute approximate surface area is 127 Å². The first-order chi connectivity index (χ1) is 10.5. The van der Waals surface area contributed by atoms with Crippen molar-refractivity contribution < 1.29 is 24.2 Å². The molecule has 3 unspecified atom stereocenters. The molecule has 22 heavy (non-hydrogen) atoms. The number of carboxylic acid groups (broad SMARTS) is 1. The van der Waals surface area contributed by atoms with Crippen molar-refractivity contribution >= 4 is 17.8 Å². The van der Waals surface area contributed by atoms with Crippen molar-refractivity contribution in [3.05, 3.63) is 23.5 Å². The summed E-state index contributed by atoms with van der Waals surface area (Å²) in [5.74, 6) is -2.45. The van der Waals surface area contributed by atoms with Crippen molar-refractivity contribution in [2.24, 2.45) is 5.92 Å². The van der Waals surface area contributed by atoms with E-state index < -0.39 is 24.1 Å². The molecule has 7 heteroatoms. The van der Waals surface area contributed by atoms with Crippen LogP contribution in [0.15, 0.2) is 12.3 Å². The van der Waals surface area contributed by atoms with E-state index in [1.165, 1.54) is 7.11 Å². The minimum atomic E-state index is -1.10. The summed E-state index contributed by atoms with van der Waals surface area (Å²) in [4.78, 5) is 35.7. The highest BCUT2D eigenvalue weighted by Gasteiger charge is 2.42. The Balaban J connectivity index is 2.09. The minimum absolute atomic E-state index is 0.0672. The maximum absolute atomic E-state index is 12.5. The second-order valence-electron chi connectivity index (χ2n) is 5.77. The fourth-order valence-corrected chi connectivity index (χ4v) is 3.54. The average molecular weight is 306 g/mol. The summed E-state index contributed by atoms with van der Waals surface area (Å²) < 4.78 is 6.33. The number of ketones is 1. The largest absolute Gasteiger partial charge is 0.481 e. The lowest BCUT2D eigenvalue weighted by Gasteiger charge is -2.26. The lowest BCUT2D eigenvalue weighted by molar-refractivity contribution is -0.145. The Morgan fingerprint density at radius 3 is 2.91 bits per heavy atom. The number of ether oxygens (including phenoxy) is 1. The van der Waals surface area contributed by atoms with Gasteiger partial charge in [0, 0.05) is 18.3 Å². The molecule has 3 atom stereocenters. The molecule has 0 fully saturated rings. The van der Waals surface area contributed by atoms with E-state index in [1.807, 2.05) is 6.07 Å². The van der Waals surface area contributed by atoms with Crippen LogP contribution in [0.4, 0.5) is 4.79 Å². The van der Waals surface area contributed by atoms with E-state index in [0.717, 1.165) is 30.5 Å². The third kappa shape index (κ3) is 2.26. The first kappa shape index (κ1) is 14.6. The van der Waals surface area contributed by atoms with Crippen molar-refractivity contribution in [2.45, 2.75) is 37.8 Å². The smallest absolute Gasteiger partial charge is 0.408 e. The molecule has 118 valence electrons. The molecular formula is C15H18N2O5. The van der Waals surface area contributed by atoms with E-state index in [2.05, 4.69) is 10.1 Å². The number of aromatic nitrogens is 1. The maximum atomic E-state index is 12.5. The van der Waals surface area contributed by atoms with Crippen LogP contribution in [0.3, 0.4) is 0 Å². The van der Waals surface area contributed by atoms with Crippen molar-refractivity contribution in [1.29, 1.82) is 0 Å². The number of hydrogen-bond acceptors (Lipinski definition) is 4. The molecule has 1 aliphatic heterocycles. The number of Topliss-reactive ketones (excluding diaryl/α,β-unsaturated/α-hetero) is 1. The fraction of sp³-hybridized carbons (Fsp3) is 0.533. The van der Waals surface area contributed by atoms with Crippen molar-refractivity contribution in [2.75, 3.05) is 7.11 Å². The molecule has 1 aromatic rings. The number of methoxy groups -OCH3 is 1. The zero-order valence-corrected chi connectivity index (χ0v) is 12.2. The van der Waals surface area contributed by atoms with Crippen LogP contribution in [0.1, 0.15) is 42.6 Å². The van der Waals surface area contributed by atoms with Gasteiger partial charge in [-0.25, -0.2) is 4.79 Å². The third-order valence-electron chi connectivity index (χ3n) is 4.57. The summed E-state index contributed by atoms with van der Waals surface area (Å²) >= 11 is 0. The van der Waals surface area contributed by atoms with E-state index in [-0.39, 0.29) is 18.1 Å². The van der Waals surface area contributed by atoms with Crippen molar-refractivity contribution in [3.8, 4) is 0 Å². The molecule has 0 saturated heterocycles. The molecule has 7 nitrogen and oxygen atoms in total. The monoisotopic (exact) mass is 306 g/mol. The number of hydrogen-bond donors (Lipinski definition) is 2. The van der Waals surface area contributed by atoms with Crippen LogP contribution in [0.25, 0.3) is 0 Å². The average Bonchev–Trinajstić information content (AvgIpc) is 2.88. The van der Waals surface area contributed by atoms with Gasteiger partial charge in [0.1, 0.15) is 17.9 Å². The van der Waals surface area contributed by atoms with Crippen LogP contribution in [0, 0.1) is 5.92 Å². The Morgan fingerprint density at radius 1 is 1.45 bits per heavy atom. The van der Waals surface area contributed by atoms with E-state index in [1.54, 1.807) is 10.8 Å². The molecule has 1 amide bonds. The van der Waals surface area contributed by atoms with Crippen LogP contribution < -0.4 is 5.32 Å². The number of carbonyl (C=O) groups excluding carboxylic acids is 2. The molecule has 0 radical (unpaired) electrons. The molecule has 3 rings (SSSR count). The Bertz CT molecular complexity index is 636. The number of nitrogens with zero attached hydrogens (tertiary/aromatic N) is 1. The van der Waals surface area contributed by atoms with Gasteiger partial charge >= 0.3 is 12.1 Å². The molecule has 0 saturated carbocycles. The molecule has 2 N–H and O–H groups in total. The number of aliphatic carboxylic acids is 1. The van der Waals surface area contributed by atoms with Gasteiger partial charge in [0.15, 0.2) is 0 Å². The van der Waals surface area contributed by atoms with Gasteiger partial charge in [-0.3, -0.25) is 14.9 Å². The van der Waals surface area contributed by atoms with Gasteiger partial charge in [-0.05, 0) is 30.9 Å². The normalized spacial score (nSPS) is 26.8. The first-order valence-electron chi connectivity index (χ1n) is 7.32. The summed E-state index contributed by atoms with van der Waals surface area (Å²) in [6.45, 7) is 0. The van der Waals surface area contributed by atoms with Crippen LogP contribution in [0.5, 0.6) is 0 Å². The number of amides is 1. The SMILES string of the molecule is COC(=O)NC1C(C(=O)O)CC(=O)C2CCCc3ccn1c32. The summed E-state index contributed by atoms with van der Waals surface area (Å²) in [5, 5.41) is 12.1. The highest BCUT2D eigenvalue weighted by Crippen LogP contribution is 2.40. The minimum Gasteiger partial charge on any atom is -0.481 e. The van der Waals surface area contributed by atoms with E-state index in [0.29, 0.717) is 0 Å². The highest BCUT2D eigenvalue weighted by molar-refractivity contribution is 5.90. The molecule has 2 aliphatic rings.